The molecule has 0 spiro atoms. The number of rotatable bonds is 3. The fraction of sp³-hybridized carbons (Fsp3) is 0.118. The highest BCUT2D eigenvalue weighted by Gasteiger charge is 2.03. The van der Waals surface area contributed by atoms with Crippen LogP contribution in [0.2, 0.25) is 0 Å². The van der Waals surface area contributed by atoms with Crippen LogP contribution in [-0.2, 0) is 0 Å². The third-order valence-corrected chi connectivity index (χ3v) is 3.11. The van der Waals surface area contributed by atoms with Gasteiger partial charge in [0.1, 0.15) is 5.75 Å². The van der Waals surface area contributed by atoms with Crippen LogP contribution < -0.4 is 0 Å². The highest BCUT2D eigenvalue weighted by Crippen LogP contribution is 2.13. The lowest BCUT2D eigenvalue weighted by atomic mass is 10.0. The van der Waals surface area contributed by atoms with Gasteiger partial charge < -0.3 is 5.11 Å². The second-order valence-electron chi connectivity index (χ2n) is 4.59. The molecule has 0 amide bonds. The number of allylic oxidation sites excluding steroid dienone is 1. The SMILES string of the molecule is Cc1ccc(C(=O)/C=C/c2ccc(O)cc2)cc1C. The summed E-state index contributed by atoms with van der Waals surface area (Å²) in [6.07, 6.45) is 3.30. The summed E-state index contributed by atoms with van der Waals surface area (Å²) in [4.78, 5) is 12.0. The van der Waals surface area contributed by atoms with Gasteiger partial charge in [-0.3, -0.25) is 4.79 Å². The number of hydrogen-bond acceptors (Lipinski definition) is 2. The molecule has 96 valence electrons. The molecule has 2 heteroatoms. The van der Waals surface area contributed by atoms with Crippen molar-refractivity contribution in [2.75, 3.05) is 0 Å². The van der Waals surface area contributed by atoms with Crippen LogP contribution in [0.25, 0.3) is 6.08 Å². The summed E-state index contributed by atoms with van der Waals surface area (Å²) in [6.45, 7) is 4.02. The van der Waals surface area contributed by atoms with Crippen LogP contribution in [0.5, 0.6) is 5.75 Å². The molecule has 2 aromatic carbocycles. The third kappa shape index (κ3) is 3.32. The molecule has 0 unspecified atom stereocenters. The largest absolute Gasteiger partial charge is 0.508 e. The van der Waals surface area contributed by atoms with Gasteiger partial charge in [-0.2, -0.15) is 0 Å². The fourth-order valence-electron chi connectivity index (χ4n) is 1.75. The van der Waals surface area contributed by atoms with E-state index in [0.717, 1.165) is 11.1 Å². The predicted molar refractivity (Wildman–Crippen MR) is 77.4 cm³/mol. The zero-order valence-corrected chi connectivity index (χ0v) is 11.1. The van der Waals surface area contributed by atoms with Gasteiger partial charge in [0.15, 0.2) is 5.78 Å². The summed E-state index contributed by atoms with van der Waals surface area (Å²) in [7, 11) is 0. The summed E-state index contributed by atoms with van der Waals surface area (Å²) in [6, 6.07) is 12.4. The first kappa shape index (κ1) is 13.1. The van der Waals surface area contributed by atoms with Crippen LogP contribution in [0.1, 0.15) is 27.0 Å². The molecule has 1 N–H and O–H groups in total. The average molecular weight is 252 g/mol. The number of carbonyl (C=O) groups is 1. The first-order valence-corrected chi connectivity index (χ1v) is 6.15. The van der Waals surface area contributed by atoms with E-state index in [0.29, 0.717) is 5.56 Å². The number of hydrogen-bond donors (Lipinski definition) is 1. The molecule has 2 rings (SSSR count). The number of ketones is 1. The predicted octanol–water partition coefficient (Wildman–Crippen LogP) is 3.91. The van der Waals surface area contributed by atoms with Crippen molar-refractivity contribution < 1.29 is 9.90 Å². The minimum atomic E-state index is -0.0174. The standard InChI is InChI=1S/C17H16O2/c1-12-3-7-15(11-13(12)2)17(19)10-6-14-4-8-16(18)9-5-14/h3-11,18H,1-2H3/b10-6+. The second kappa shape index (κ2) is 5.53. The van der Waals surface area contributed by atoms with Crippen LogP contribution in [0, 0.1) is 13.8 Å². The minimum absolute atomic E-state index is 0.0174. The summed E-state index contributed by atoms with van der Waals surface area (Å²) in [5, 5.41) is 9.18. The topological polar surface area (TPSA) is 37.3 Å². The van der Waals surface area contributed by atoms with Gasteiger partial charge in [0.25, 0.3) is 0 Å². The highest BCUT2D eigenvalue weighted by molar-refractivity contribution is 6.06. The van der Waals surface area contributed by atoms with Gasteiger partial charge in [-0.05, 0) is 54.8 Å². The quantitative estimate of drug-likeness (QED) is 0.664. The molecule has 0 saturated carbocycles. The van der Waals surface area contributed by atoms with Gasteiger partial charge in [-0.15, -0.1) is 0 Å². The van der Waals surface area contributed by atoms with Crippen molar-refractivity contribution in [2.24, 2.45) is 0 Å². The van der Waals surface area contributed by atoms with Crippen molar-refractivity contribution in [1.29, 1.82) is 0 Å². The molecule has 0 bridgehead atoms. The number of aryl methyl sites for hydroxylation is 2. The van der Waals surface area contributed by atoms with E-state index in [2.05, 4.69) is 0 Å². The zero-order valence-electron chi connectivity index (χ0n) is 11.1. The third-order valence-electron chi connectivity index (χ3n) is 3.11. The van der Waals surface area contributed by atoms with Crippen LogP contribution in [0.15, 0.2) is 48.5 Å². The van der Waals surface area contributed by atoms with Gasteiger partial charge in [0.05, 0.1) is 0 Å². The van der Waals surface area contributed by atoms with Gasteiger partial charge >= 0.3 is 0 Å². The molecule has 0 radical (unpaired) electrons. The van der Waals surface area contributed by atoms with Crippen LogP contribution >= 0.6 is 0 Å². The number of benzene rings is 2. The molecule has 0 aliphatic rings. The molecular weight excluding hydrogens is 236 g/mol. The summed E-state index contributed by atoms with van der Waals surface area (Å²) in [5.74, 6) is 0.203. The maximum absolute atomic E-state index is 12.0. The van der Waals surface area contributed by atoms with E-state index >= 15 is 0 Å². The van der Waals surface area contributed by atoms with Crippen molar-refractivity contribution in [3.63, 3.8) is 0 Å². The lowest BCUT2D eigenvalue weighted by molar-refractivity contribution is 0.104. The van der Waals surface area contributed by atoms with Crippen LogP contribution in [-0.4, -0.2) is 10.9 Å². The first-order chi connectivity index (χ1) is 9.06. The second-order valence-corrected chi connectivity index (χ2v) is 4.59. The van der Waals surface area contributed by atoms with Crippen LogP contribution in [0.3, 0.4) is 0 Å². The van der Waals surface area contributed by atoms with Gasteiger partial charge in [0, 0.05) is 5.56 Å². The average Bonchev–Trinajstić information content (AvgIpc) is 2.41. The number of carbonyl (C=O) groups excluding carboxylic acids is 1. The smallest absolute Gasteiger partial charge is 0.185 e. The Morgan fingerprint density at radius 3 is 2.32 bits per heavy atom. The van der Waals surface area contributed by atoms with Crippen LogP contribution in [0.4, 0.5) is 0 Å². The summed E-state index contributed by atoms with van der Waals surface area (Å²) in [5.41, 5.74) is 3.87. The molecule has 0 aromatic heterocycles. The molecule has 0 aliphatic heterocycles. The molecule has 2 aromatic rings. The Kier molecular flexibility index (Phi) is 3.81. The highest BCUT2D eigenvalue weighted by atomic mass is 16.3. The van der Waals surface area contributed by atoms with E-state index < -0.39 is 0 Å². The van der Waals surface area contributed by atoms with E-state index in [9.17, 15) is 9.90 Å². The van der Waals surface area contributed by atoms with Gasteiger partial charge in [-0.1, -0.05) is 30.3 Å². The lowest BCUT2D eigenvalue weighted by Gasteiger charge is -2.01. The fourth-order valence-corrected chi connectivity index (χ4v) is 1.75. The van der Waals surface area contributed by atoms with Crippen molar-refractivity contribution in [1.82, 2.24) is 0 Å². The minimum Gasteiger partial charge on any atom is -0.508 e. The first-order valence-electron chi connectivity index (χ1n) is 6.15. The molecule has 2 nitrogen and oxygen atoms in total. The molecule has 0 saturated heterocycles. The maximum atomic E-state index is 12.0. The molecule has 0 heterocycles. The van der Waals surface area contributed by atoms with Crippen molar-refractivity contribution in [3.05, 3.63) is 70.8 Å². The Balaban J connectivity index is 2.16. The van der Waals surface area contributed by atoms with E-state index in [-0.39, 0.29) is 11.5 Å². The van der Waals surface area contributed by atoms with Gasteiger partial charge in [-0.25, -0.2) is 0 Å². The van der Waals surface area contributed by atoms with Crippen molar-refractivity contribution in [3.8, 4) is 5.75 Å². The Morgan fingerprint density at radius 2 is 1.68 bits per heavy atom. The molecule has 0 atom stereocenters. The molecule has 19 heavy (non-hydrogen) atoms. The van der Waals surface area contributed by atoms with Crippen molar-refractivity contribution >= 4 is 11.9 Å². The summed E-state index contributed by atoms with van der Waals surface area (Å²) < 4.78 is 0. The molecule has 0 aliphatic carbocycles. The Bertz CT molecular complexity index is 622. The Labute approximate surface area is 113 Å². The Morgan fingerprint density at radius 1 is 1.00 bits per heavy atom. The van der Waals surface area contributed by atoms with E-state index in [1.807, 2.05) is 32.0 Å². The zero-order chi connectivity index (χ0) is 13.8. The molecule has 0 fully saturated rings. The molecular formula is C17H16O2. The number of phenols is 1. The number of phenolic OH excluding ortho intramolecular Hbond substituents is 1. The Hall–Kier alpha value is -2.35. The normalized spacial score (nSPS) is 10.8. The maximum Gasteiger partial charge on any atom is 0.185 e. The van der Waals surface area contributed by atoms with E-state index in [1.54, 1.807) is 36.4 Å². The van der Waals surface area contributed by atoms with Gasteiger partial charge in [0.2, 0.25) is 0 Å². The monoisotopic (exact) mass is 252 g/mol. The van der Waals surface area contributed by atoms with Crippen molar-refractivity contribution in [2.45, 2.75) is 13.8 Å². The number of aromatic hydroxyl groups is 1. The summed E-state index contributed by atoms with van der Waals surface area (Å²) >= 11 is 0. The lowest BCUT2D eigenvalue weighted by Crippen LogP contribution is -1.95. The van der Waals surface area contributed by atoms with E-state index in [4.69, 9.17) is 0 Å². The van der Waals surface area contributed by atoms with E-state index in [1.165, 1.54) is 5.56 Å².